The van der Waals surface area contributed by atoms with E-state index in [0.717, 1.165) is 39.1 Å². The lowest BCUT2D eigenvalue weighted by molar-refractivity contribution is 0.260. The predicted molar refractivity (Wildman–Crippen MR) is 117 cm³/mol. The minimum atomic E-state index is 0.657. The lowest BCUT2D eigenvalue weighted by Gasteiger charge is -2.21. The maximum Gasteiger partial charge on any atom is 0.190 e. The van der Waals surface area contributed by atoms with Crippen molar-refractivity contribution in [3.05, 3.63) is 60.6 Å². The molecule has 1 unspecified atom stereocenters. The molecule has 0 saturated carbocycles. The molecule has 146 valence electrons. The minimum absolute atomic E-state index is 0.657. The fraction of sp³-hybridized carbons (Fsp3) is 0.273. The first-order valence-electron chi connectivity index (χ1n) is 9.88. The standard InChI is InChI=1S/C22H22N6S/c1-15-3-2-12-28(15)14-16-6-11-24-20(13-16)27-22-26-19-5-4-18(25-21(19)29-22)17-7-9-23-10-8-17/h4-11,13,15H,2-3,12,14H2,1H3,(H,24,26,27). The van der Waals surface area contributed by atoms with Crippen molar-refractivity contribution in [1.29, 1.82) is 0 Å². The van der Waals surface area contributed by atoms with Gasteiger partial charge in [-0.2, -0.15) is 0 Å². The van der Waals surface area contributed by atoms with Crippen LogP contribution in [0.25, 0.3) is 21.6 Å². The number of likely N-dealkylation sites (tertiary alicyclic amines) is 1. The second kappa shape index (κ2) is 7.85. The topological polar surface area (TPSA) is 66.8 Å². The van der Waals surface area contributed by atoms with Crippen LogP contribution in [-0.4, -0.2) is 37.4 Å². The molecule has 29 heavy (non-hydrogen) atoms. The number of thiazole rings is 1. The zero-order chi connectivity index (χ0) is 19.6. The van der Waals surface area contributed by atoms with Gasteiger partial charge < -0.3 is 5.32 Å². The van der Waals surface area contributed by atoms with Gasteiger partial charge >= 0.3 is 0 Å². The van der Waals surface area contributed by atoms with E-state index in [1.165, 1.54) is 24.9 Å². The molecule has 0 radical (unpaired) electrons. The Morgan fingerprint density at radius 1 is 1.10 bits per heavy atom. The molecule has 1 aliphatic heterocycles. The molecule has 4 aromatic rings. The van der Waals surface area contributed by atoms with Crippen molar-refractivity contribution < 1.29 is 0 Å². The molecular weight excluding hydrogens is 380 g/mol. The smallest absolute Gasteiger partial charge is 0.190 e. The second-order valence-corrected chi connectivity index (χ2v) is 8.39. The third-order valence-corrected chi connectivity index (χ3v) is 6.25. The highest BCUT2D eigenvalue weighted by Gasteiger charge is 2.20. The maximum absolute atomic E-state index is 4.76. The summed E-state index contributed by atoms with van der Waals surface area (Å²) in [5.74, 6) is 0.822. The summed E-state index contributed by atoms with van der Waals surface area (Å²) in [7, 11) is 0. The van der Waals surface area contributed by atoms with Crippen LogP contribution >= 0.6 is 11.3 Å². The monoisotopic (exact) mass is 402 g/mol. The van der Waals surface area contributed by atoms with Crippen LogP contribution in [0.2, 0.25) is 0 Å². The molecule has 0 aromatic carbocycles. The van der Waals surface area contributed by atoms with E-state index < -0.39 is 0 Å². The quantitative estimate of drug-likeness (QED) is 0.513. The normalized spacial score (nSPS) is 17.1. The van der Waals surface area contributed by atoms with Crippen molar-refractivity contribution in [2.45, 2.75) is 32.4 Å². The average molecular weight is 403 g/mol. The van der Waals surface area contributed by atoms with Crippen molar-refractivity contribution in [2.24, 2.45) is 0 Å². The number of aromatic nitrogens is 4. The Labute approximate surface area is 173 Å². The Hall–Kier alpha value is -2.90. The molecule has 6 nitrogen and oxygen atoms in total. The van der Waals surface area contributed by atoms with E-state index >= 15 is 0 Å². The summed E-state index contributed by atoms with van der Waals surface area (Å²) in [5.41, 5.74) is 4.14. The fourth-order valence-electron chi connectivity index (χ4n) is 3.77. The highest BCUT2D eigenvalue weighted by Crippen LogP contribution is 2.29. The number of fused-ring (bicyclic) bond motifs is 1. The average Bonchev–Trinajstić information content (AvgIpc) is 3.33. The molecule has 5 heterocycles. The number of pyridine rings is 3. The zero-order valence-corrected chi connectivity index (χ0v) is 17.1. The number of hydrogen-bond acceptors (Lipinski definition) is 7. The minimum Gasteiger partial charge on any atom is -0.316 e. The first-order valence-corrected chi connectivity index (χ1v) is 10.7. The van der Waals surface area contributed by atoms with Crippen molar-refractivity contribution in [3.63, 3.8) is 0 Å². The highest BCUT2D eigenvalue weighted by atomic mass is 32.1. The lowest BCUT2D eigenvalue weighted by Crippen LogP contribution is -2.26. The molecular formula is C22H22N6S. The Bertz CT molecular complexity index is 1130. The molecule has 0 aliphatic carbocycles. The Morgan fingerprint density at radius 2 is 2.00 bits per heavy atom. The largest absolute Gasteiger partial charge is 0.316 e. The summed E-state index contributed by atoms with van der Waals surface area (Å²) in [5, 5.41) is 4.16. The number of rotatable bonds is 5. The van der Waals surface area contributed by atoms with Crippen LogP contribution in [0, 0.1) is 0 Å². The summed E-state index contributed by atoms with van der Waals surface area (Å²) in [4.78, 5) is 21.4. The molecule has 1 N–H and O–H groups in total. The number of anilines is 2. The third-order valence-electron chi connectivity index (χ3n) is 5.37. The first-order chi connectivity index (χ1) is 14.2. The summed E-state index contributed by atoms with van der Waals surface area (Å²) in [6, 6.07) is 12.8. The SMILES string of the molecule is CC1CCCN1Cc1ccnc(Nc2nc3ccc(-c4ccncc4)nc3s2)c1. The Morgan fingerprint density at radius 3 is 2.83 bits per heavy atom. The summed E-state index contributed by atoms with van der Waals surface area (Å²) >= 11 is 1.54. The molecule has 7 heteroatoms. The maximum atomic E-state index is 4.76. The van der Waals surface area contributed by atoms with Crippen LogP contribution < -0.4 is 5.32 Å². The fourth-order valence-corrected chi connectivity index (χ4v) is 4.61. The van der Waals surface area contributed by atoms with Gasteiger partial charge in [0.05, 0.1) is 5.69 Å². The molecule has 0 bridgehead atoms. The Balaban J connectivity index is 1.35. The van der Waals surface area contributed by atoms with Gasteiger partial charge in [0, 0.05) is 36.7 Å². The van der Waals surface area contributed by atoms with Gasteiger partial charge in [-0.25, -0.2) is 15.0 Å². The zero-order valence-electron chi connectivity index (χ0n) is 16.2. The van der Waals surface area contributed by atoms with E-state index in [1.807, 2.05) is 30.5 Å². The molecule has 0 amide bonds. The molecule has 0 spiro atoms. The molecule has 1 saturated heterocycles. The number of nitrogens with one attached hydrogen (secondary N) is 1. The van der Waals surface area contributed by atoms with Crippen LogP contribution in [0.3, 0.4) is 0 Å². The summed E-state index contributed by atoms with van der Waals surface area (Å²) in [6.07, 6.45) is 8.00. The van der Waals surface area contributed by atoms with Crippen molar-refractivity contribution in [2.75, 3.05) is 11.9 Å². The van der Waals surface area contributed by atoms with Gasteiger partial charge in [0.1, 0.15) is 16.2 Å². The second-order valence-electron chi connectivity index (χ2n) is 7.41. The van der Waals surface area contributed by atoms with E-state index in [-0.39, 0.29) is 0 Å². The lowest BCUT2D eigenvalue weighted by atomic mass is 10.2. The molecule has 4 aromatic heterocycles. The van der Waals surface area contributed by atoms with E-state index in [1.54, 1.807) is 23.7 Å². The van der Waals surface area contributed by atoms with Gasteiger partial charge in [-0.15, -0.1) is 0 Å². The van der Waals surface area contributed by atoms with Gasteiger partial charge in [0.15, 0.2) is 5.13 Å². The summed E-state index contributed by atoms with van der Waals surface area (Å²) < 4.78 is 0. The highest BCUT2D eigenvalue weighted by molar-refractivity contribution is 7.21. The summed E-state index contributed by atoms with van der Waals surface area (Å²) in [6.45, 7) is 4.45. The van der Waals surface area contributed by atoms with Crippen LogP contribution in [-0.2, 0) is 6.54 Å². The van der Waals surface area contributed by atoms with Crippen molar-refractivity contribution >= 4 is 32.6 Å². The van der Waals surface area contributed by atoms with Crippen molar-refractivity contribution in [1.82, 2.24) is 24.8 Å². The number of hydrogen-bond donors (Lipinski definition) is 1. The van der Waals surface area contributed by atoms with Crippen LogP contribution in [0.5, 0.6) is 0 Å². The predicted octanol–water partition coefficient (Wildman–Crippen LogP) is 4.88. The van der Waals surface area contributed by atoms with Gasteiger partial charge in [-0.3, -0.25) is 9.88 Å². The van der Waals surface area contributed by atoms with Crippen molar-refractivity contribution in [3.8, 4) is 11.3 Å². The van der Waals surface area contributed by atoms with Gasteiger partial charge in [-0.1, -0.05) is 11.3 Å². The van der Waals surface area contributed by atoms with E-state index in [9.17, 15) is 0 Å². The molecule has 1 atom stereocenters. The molecule has 1 fully saturated rings. The number of nitrogens with zero attached hydrogens (tertiary/aromatic N) is 5. The molecule has 1 aliphatic rings. The third kappa shape index (κ3) is 3.97. The van der Waals surface area contributed by atoms with E-state index in [0.29, 0.717) is 6.04 Å². The van der Waals surface area contributed by atoms with Gasteiger partial charge in [0.2, 0.25) is 0 Å². The first kappa shape index (κ1) is 18.1. The van der Waals surface area contributed by atoms with E-state index in [4.69, 9.17) is 4.98 Å². The van der Waals surface area contributed by atoms with Crippen LogP contribution in [0.1, 0.15) is 25.3 Å². The van der Waals surface area contributed by atoms with Crippen LogP contribution in [0.15, 0.2) is 55.0 Å². The van der Waals surface area contributed by atoms with Gasteiger partial charge in [0.25, 0.3) is 0 Å². The van der Waals surface area contributed by atoms with Gasteiger partial charge in [-0.05, 0) is 68.3 Å². The van der Waals surface area contributed by atoms with Crippen LogP contribution in [0.4, 0.5) is 10.9 Å². The molecule has 5 rings (SSSR count). The Kier molecular flexibility index (Phi) is 4.91. The van der Waals surface area contributed by atoms with E-state index in [2.05, 4.69) is 44.2 Å².